The van der Waals surface area contributed by atoms with Crippen LogP contribution in [0.1, 0.15) is 71.8 Å². The Morgan fingerprint density at radius 2 is 1.83 bits per heavy atom. The Morgan fingerprint density at radius 3 is 2.51 bits per heavy atom. The normalized spacial score (nSPS) is 19.3. The third-order valence-corrected chi connectivity index (χ3v) is 10.7. The molecule has 1 aromatic carbocycles. The Labute approximate surface area is 272 Å². The van der Waals surface area contributed by atoms with E-state index in [0.717, 1.165) is 21.1 Å². The molecular formula is C33H36F3N5O5S. The number of carboxylic acid groups (broad SMARTS) is 1. The maximum absolute atomic E-state index is 14.2. The molecule has 0 saturated carbocycles. The Bertz CT molecular complexity index is 1890. The molecule has 250 valence electrons. The molecular weight excluding hydrogens is 635 g/mol. The number of aliphatic carboxylic acids is 1. The quantitative estimate of drug-likeness (QED) is 0.274. The van der Waals surface area contributed by atoms with Gasteiger partial charge in [0.1, 0.15) is 21.5 Å². The molecule has 2 aliphatic heterocycles. The highest BCUT2D eigenvalue weighted by Gasteiger charge is 2.44. The van der Waals surface area contributed by atoms with E-state index in [0.29, 0.717) is 60.1 Å². The van der Waals surface area contributed by atoms with Gasteiger partial charge < -0.3 is 14.6 Å². The second-order valence-corrected chi connectivity index (χ2v) is 14.5. The molecule has 47 heavy (non-hydrogen) atoms. The van der Waals surface area contributed by atoms with Gasteiger partial charge in [-0.25, -0.2) is 13.5 Å². The first kappa shape index (κ1) is 33.0. The molecule has 10 nitrogen and oxygen atoms in total. The Morgan fingerprint density at radius 1 is 1.11 bits per heavy atom. The standard InChI is InChI=1S/C33H36F3N5O5S/c1-19-14-25-28(37-16-19)46-32(9-12-45-13-10-32)18-40(47(25)44)17-23-15-22(7-6-20(23)2)26(31(4,5)30(42)43)24-8-11-41-27(21(24)3)38-39-29(41)33(34,35)36/h6-8,11,14-16,26H,9-10,12-13,17-18H2,1-5H3,(H,42,43). The van der Waals surface area contributed by atoms with Crippen LogP contribution < -0.4 is 4.74 Å². The number of benzene rings is 1. The zero-order valence-electron chi connectivity index (χ0n) is 26.7. The first-order valence-electron chi connectivity index (χ1n) is 15.3. The van der Waals surface area contributed by atoms with Crippen LogP contribution in [0.3, 0.4) is 0 Å². The molecule has 4 aromatic rings. The SMILES string of the molecule is Cc1cnc2c(c1)S(=O)N(Cc1cc(C(c3ccn4c(C(F)(F)F)nnc4c3C)C(C)(C)C(=O)O)ccc1C)CC1(CCOCC1)O2. The highest BCUT2D eigenvalue weighted by molar-refractivity contribution is 7.82. The predicted molar refractivity (Wildman–Crippen MR) is 166 cm³/mol. The summed E-state index contributed by atoms with van der Waals surface area (Å²) in [6.07, 6.45) is -0.578. The van der Waals surface area contributed by atoms with Crippen LogP contribution in [0.25, 0.3) is 5.65 Å². The molecule has 5 heterocycles. The van der Waals surface area contributed by atoms with Crippen molar-refractivity contribution in [2.24, 2.45) is 5.41 Å². The zero-order valence-corrected chi connectivity index (χ0v) is 27.5. The van der Waals surface area contributed by atoms with Gasteiger partial charge in [0.15, 0.2) is 5.65 Å². The van der Waals surface area contributed by atoms with Crippen LogP contribution in [0, 0.1) is 26.2 Å². The number of hydrogen-bond donors (Lipinski definition) is 1. The molecule has 1 saturated heterocycles. The number of nitrogens with zero attached hydrogens (tertiary/aromatic N) is 5. The second kappa shape index (κ2) is 12.0. The summed E-state index contributed by atoms with van der Waals surface area (Å²) in [5.41, 5.74) is 2.11. The summed E-state index contributed by atoms with van der Waals surface area (Å²) in [7, 11) is -1.62. The number of fused-ring (bicyclic) bond motifs is 2. The lowest BCUT2D eigenvalue weighted by Gasteiger charge is -2.38. The lowest BCUT2D eigenvalue weighted by Crippen LogP contribution is -2.49. The highest BCUT2D eigenvalue weighted by Crippen LogP contribution is 2.44. The van der Waals surface area contributed by atoms with Crippen LogP contribution in [-0.4, -0.2) is 64.5 Å². The van der Waals surface area contributed by atoms with E-state index in [4.69, 9.17) is 9.47 Å². The summed E-state index contributed by atoms with van der Waals surface area (Å²) in [6.45, 7) is 10.3. The summed E-state index contributed by atoms with van der Waals surface area (Å²) < 4.78 is 69.9. The minimum atomic E-state index is -4.71. The Hall–Kier alpha value is -3.88. The maximum atomic E-state index is 14.2. The van der Waals surface area contributed by atoms with Crippen LogP contribution in [0.4, 0.5) is 13.2 Å². The fourth-order valence-corrected chi connectivity index (χ4v) is 7.97. The van der Waals surface area contributed by atoms with Gasteiger partial charge in [0.2, 0.25) is 11.7 Å². The van der Waals surface area contributed by atoms with Crippen molar-refractivity contribution in [3.8, 4) is 5.88 Å². The fourth-order valence-electron chi connectivity index (χ4n) is 6.55. The number of carbonyl (C=O) groups is 1. The van der Waals surface area contributed by atoms with E-state index >= 15 is 0 Å². The van der Waals surface area contributed by atoms with Crippen molar-refractivity contribution in [3.63, 3.8) is 0 Å². The summed E-state index contributed by atoms with van der Waals surface area (Å²) in [6, 6.07) is 8.98. The number of alkyl halides is 3. The van der Waals surface area contributed by atoms with Crippen molar-refractivity contribution in [1.82, 2.24) is 23.9 Å². The summed E-state index contributed by atoms with van der Waals surface area (Å²) >= 11 is 0. The number of aromatic nitrogens is 4. The van der Waals surface area contributed by atoms with Crippen LogP contribution in [0.2, 0.25) is 0 Å². The molecule has 0 aliphatic carbocycles. The van der Waals surface area contributed by atoms with Crippen LogP contribution >= 0.6 is 0 Å². The molecule has 1 N–H and O–H groups in total. The van der Waals surface area contributed by atoms with Crippen LogP contribution in [0.15, 0.2) is 47.6 Å². The Kier molecular flexibility index (Phi) is 8.42. The molecule has 2 atom stereocenters. The second-order valence-electron chi connectivity index (χ2n) is 13.0. The number of pyridine rings is 2. The number of halogens is 3. The molecule has 6 rings (SSSR count). The van der Waals surface area contributed by atoms with E-state index < -0.39 is 45.9 Å². The van der Waals surface area contributed by atoms with Gasteiger partial charge in [0.05, 0.1) is 25.2 Å². The molecule has 1 spiro atoms. The largest absolute Gasteiger partial charge is 0.481 e. The molecule has 0 radical (unpaired) electrons. The van der Waals surface area contributed by atoms with Crippen molar-refractivity contribution < 1.29 is 36.8 Å². The lowest BCUT2D eigenvalue weighted by molar-refractivity contribution is -0.147. The molecule has 1 fully saturated rings. The van der Waals surface area contributed by atoms with Crippen LogP contribution in [0.5, 0.6) is 5.88 Å². The number of hydrogen-bond acceptors (Lipinski definition) is 7. The van der Waals surface area contributed by atoms with Gasteiger partial charge >= 0.3 is 12.1 Å². The smallest absolute Gasteiger partial charge is 0.452 e. The highest BCUT2D eigenvalue weighted by atomic mass is 32.2. The molecule has 0 amide bonds. The molecule has 2 aliphatic rings. The van der Waals surface area contributed by atoms with E-state index in [9.17, 15) is 27.3 Å². The third kappa shape index (κ3) is 6.02. The van der Waals surface area contributed by atoms with E-state index in [1.807, 2.05) is 42.4 Å². The zero-order chi connectivity index (χ0) is 33.9. The van der Waals surface area contributed by atoms with Gasteiger partial charge in [-0.15, -0.1) is 10.2 Å². The van der Waals surface area contributed by atoms with Gasteiger partial charge in [-0.2, -0.15) is 13.2 Å². The van der Waals surface area contributed by atoms with E-state index in [-0.39, 0.29) is 12.2 Å². The third-order valence-electron chi connectivity index (χ3n) is 9.32. The minimum absolute atomic E-state index is 0.00219. The van der Waals surface area contributed by atoms with Crippen molar-refractivity contribution >= 4 is 22.6 Å². The average molecular weight is 672 g/mol. The number of rotatable bonds is 6. The van der Waals surface area contributed by atoms with Gasteiger partial charge in [0, 0.05) is 37.7 Å². The average Bonchev–Trinajstić information content (AvgIpc) is 3.43. The number of carboxylic acids is 1. The lowest BCUT2D eigenvalue weighted by atomic mass is 9.70. The molecule has 0 bridgehead atoms. The van der Waals surface area contributed by atoms with Gasteiger partial charge in [-0.3, -0.25) is 9.20 Å². The van der Waals surface area contributed by atoms with E-state index in [2.05, 4.69) is 15.2 Å². The molecule has 2 unspecified atom stereocenters. The van der Waals surface area contributed by atoms with Crippen LogP contribution in [-0.2, 0) is 33.2 Å². The molecule has 14 heteroatoms. The minimum Gasteiger partial charge on any atom is -0.481 e. The number of ether oxygens (including phenoxy) is 2. The van der Waals surface area contributed by atoms with Gasteiger partial charge in [-0.1, -0.05) is 18.2 Å². The number of aryl methyl sites for hydroxylation is 3. The first-order chi connectivity index (χ1) is 22.1. The maximum Gasteiger partial charge on any atom is 0.452 e. The van der Waals surface area contributed by atoms with Gasteiger partial charge in [-0.05, 0) is 80.1 Å². The van der Waals surface area contributed by atoms with Gasteiger partial charge in [0.25, 0.3) is 0 Å². The topological polar surface area (TPSA) is 119 Å². The van der Waals surface area contributed by atoms with Crippen molar-refractivity contribution in [2.75, 3.05) is 19.8 Å². The van der Waals surface area contributed by atoms with Crippen molar-refractivity contribution in [1.29, 1.82) is 0 Å². The van der Waals surface area contributed by atoms with E-state index in [1.54, 1.807) is 27.0 Å². The summed E-state index contributed by atoms with van der Waals surface area (Å²) in [4.78, 5) is 17.7. The molecule has 3 aromatic heterocycles. The summed E-state index contributed by atoms with van der Waals surface area (Å²) in [5, 5.41) is 17.6. The van der Waals surface area contributed by atoms with Crippen molar-refractivity contribution in [2.45, 2.75) is 76.6 Å². The monoisotopic (exact) mass is 671 g/mol. The summed E-state index contributed by atoms with van der Waals surface area (Å²) in [5.74, 6) is -2.66. The van der Waals surface area contributed by atoms with E-state index in [1.165, 1.54) is 12.3 Å². The Balaban J connectivity index is 1.44. The van der Waals surface area contributed by atoms with Crippen molar-refractivity contribution in [3.05, 3.63) is 81.9 Å². The predicted octanol–water partition coefficient (Wildman–Crippen LogP) is 5.78. The fraction of sp³-hybridized carbons (Fsp3) is 0.455. The first-order valence-corrected chi connectivity index (χ1v) is 16.4.